The Hall–Kier alpha value is -0.360. The molecule has 0 saturated carbocycles. The Bertz CT molecular complexity index is 278. The Morgan fingerprint density at radius 2 is 2.19 bits per heavy atom. The Morgan fingerprint density at radius 1 is 1.50 bits per heavy atom. The van der Waals surface area contributed by atoms with Gasteiger partial charge in [-0.2, -0.15) is 20.5 Å². The molecule has 0 spiro atoms. The molecule has 0 aromatic rings. The lowest BCUT2D eigenvalue weighted by Crippen LogP contribution is -2.49. The molecule has 92 valence electrons. The summed E-state index contributed by atoms with van der Waals surface area (Å²) in [6.45, 7) is 0.272. The van der Waals surface area contributed by atoms with Crippen LogP contribution in [-0.4, -0.2) is 53.0 Å². The lowest BCUT2D eigenvalue weighted by Gasteiger charge is -2.34. The molecule has 7 heteroatoms. The number of ketones is 1. The molecule has 1 heterocycles. The third-order valence-electron chi connectivity index (χ3n) is 2.31. The molecular formula is C9H12ClF2NO2S. The molecule has 0 radical (unpaired) electrons. The fourth-order valence-corrected chi connectivity index (χ4v) is 2.73. The van der Waals surface area contributed by atoms with Crippen LogP contribution >= 0.6 is 23.4 Å². The SMILES string of the molecule is O=C(CCl)CC1CSCCN1C(=O)C(F)F. The Kier molecular flexibility index (Phi) is 5.48. The average Bonchev–Trinajstić information content (AvgIpc) is 2.28. The number of carbonyl (C=O) groups excluding carboxylic acids is 2. The van der Waals surface area contributed by atoms with Crippen molar-refractivity contribution in [3.05, 3.63) is 0 Å². The number of halogens is 3. The van der Waals surface area contributed by atoms with Crippen LogP contribution in [0.2, 0.25) is 0 Å². The highest BCUT2D eigenvalue weighted by Gasteiger charge is 2.32. The van der Waals surface area contributed by atoms with Gasteiger partial charge in [-0.15, -0.1) is 11.6 Å². The van der Waals surface area contributed by atoms with Crippen LogP contribution in [0.5, 0.6) is 0 Å². The second kappa shape index (κ2) is 6.39. The third kappa shape index (κ3) is 3.59. The van der Waals surface area contributed by atoms with E-state index in [0.717, 1.165) is 4.90 Å². The van der Waals surface area contributed by atoms with Gasteiger partial charge in [-0.1, -0.05) is 0 Å². The second-order valence-corrected chi connectivity index (χ2v) is 4.85. The van der Waals surface area contributed by atoms with Crippen molar-refractivity contribution in [2.45, 2.75) is 18.9 Å². The quantitative estimate of drug-likeness (QED) is 0.725. The summed E-state index contributed by atoms with van der Waals surface area (Å²) in [5, 5.41) is 0. The van der Waals surface area contributed by atoms with Crippen LogP contribution in [0, 0.1) is 0 Å². The van der Waals surface area contributed by atoms with Gasteiger partial charge in [-0.3, -0.25) is 9.59 Å². The maximum absolute atomic E-state index is 12.3. The van der Waals surface area contributed by atoms with Gasteiger partial charge in [0, 0.05) is 30.5 Å². The van der Waals surface area contributed by atoms with Crippen LogP contribution in [0.1, 0.15) is 6.42 Å². The summed E-state index contributed by atoms with van der Waals surface area (Å²) < 4.78 is 24.6. The number of hydrogen-bond donors (Lipinski definition) is 0. The number of rotatable bonds is 4. The lowest BCUT2D eigenvalue weighted by molar-refractivity contribution is -0.145. The Labute approximate surface area is 101 Å². The minimum absolute atomic E-state index is 0.0644. The number of alkyl halides is 3. The number of thioether (sulfide) groups is 1. The molecule has 0 aromatic heterocycles. The number of hydrogen-bond acceptors (Lipinski definition) is 3. The van der Waals surface area contributed by atoms with Crippen molar-refractivity contribution in [1.82, 2.24) is 4.90 Å². The van der Waals surface area contributed by atoms with Crippen LogP contribution in [0.4, 0.5) is 8.78 Å². The fourth-order valence-electron chi connectivity index (χ4n) is 1.56. The van der Waals surface area contributed by atoms with Crippen molar-refractivity contribution in [1.29, 1.82) is 0 Å². The van der Waals surface area contributed by atoms with E-state index in [0.29, 0.717) is 11.5 Å². The maximum Gasteiger partial charge on any atom is 0.315 e. The molecule has 1 amide bonds. The molecule has 1 saturated heterocycles. The summed E-state index contributed by atoms with van der Waals surface area (Å²) in [4.78, 5) is 23.5. The maximum atomic E-state index is 12.3. The first-order valence-electron chi connectivity index (χ1n) is 4.80. The normalized spacial score (nSPS) is 21.2. The standard InChI is InChI=1S/C9H12ClF2NO2S/c10-4-7(14)3-6-5-16-2-1-13(6)9(15)8(11)12/h6,8H,1-5H2. The summed E-state index contributed by atoms with van der Waals surface area (Å²) in [5.41, 5.74) is 0. The Balaban J connectivity index is 2.63. The van der Waals surface area contributed by atoms with Gasteiger partial charge >= 0.3 is 6.43 Å². The zero-order valence-corrected chi connectivity index (χ0v) is 10.1. The van der Waals surface area contributed by atoms with E-state index in [2.05, 4.69) is 0 Å². The molecule has 1 fully saturated rings. The zero-order valence-electron chi connectivity index (χ0n) is 8.50. The first-order valence-corrected chi connectivity index (χ1v) is 6.49. The van der Waals surface area contributed by atoms with Gasteiger partial charge in [-0.25, -0.2) is 0 Å². The van der Waals surface area contributed by atoms with E-state index in [4.69, 9.17) is 11.6 Å². The minimum Gasteiger partial charge on any atom is -0.333 e. The van der Waals surface area contributed by atoms with E-state index in [1.165, 1.54) is 0 Å². The number of amides is 1. The highest BCUT2D eigenvalue weighted by Crippen LogP contribution is 2.21. The van der Waals surface area contributed by atoms with Crippen molar-refractivity contribution < 1.29 is 18.4 Å². The van der Waals surface area contributed by atoms with Crippen molar-refractivity contribution in [2.24, 2.45) is 0 Å². The zero-order chi connectivity index (χ0) is 12.1. The van der Waals surface area contributed by atoms with Crippen molar-refractivity contribution in [3.63, 3.8) is 0 Å². The number of carbonyl (C=O) groups is 2. The minimum atomic E-state index is -3.00. The van der Waals surface area contributed by atoms with E-state index >= 15 is 0 Å². The highest BCUT2D eigenvalue weighted by molar-refractivity contribution is 7.99. The number of Topliss-reactive ketones (excluding diaryl/α,β-unsaturated/α-hetero) is 1. The fraction of sp³-hybridized carbons (Fsp3) is 0.778. The molecule has 0 aromatic carbocycles. The topological polar surface area (TPSA) is 37.4 Å². The molecule has 1 atom stereocenters. The Morgan fingerprint density at radius 3 is 2.75 bits per heavy atom. The third-order valence-corrected chi connectivity index (χ3v) is 3.70. The molecule has 1 unspecified atom stereocenters. The van der Waals surface area contributed by atoms with Gasteiger partial charge in [0.1, 0.15) is 5.78 Å². The van der Waals surface area contributed by atoms with E-state index in [9.17, 15) is 18.4 Å². The van der Waals surface area contributed by atoms with Crippen LogP contribution in [0.25, 0.3) is 0 Å². The molecule has 0 aliphatic carbocycles. The monoisotopic (exact) mass is 271 g/mol. The molecule has 1 aliphatic heterocycles. The number of nitrogens with zero attached hydrogens (tertiary/aromatic N) is 1. The predicted molar refractivity (Wildman–Crippen MR) is 59.2 cm³/mol. The average molecular weight is 272 g/mol. The van der Waals surface area contributed by atoms with Crippen molar-refractivity contribution in [3.8, 4) is 0 Å². The largest absolute Gasteiger partial charge is 0.333 e. The van der Waals surface area contributed by atoms with E-state index in [-0.39, 0.29) is 24.6 Å². The smallest absolute Gasteiger partial charge is 0.315 e. The van der Waals surface area contributed by atoms with Crippen molar-refractivity contribution >= 4 is 35.1 Å². The van der Waals surface area contributed by atoms with Crippen LogP contribution < -0.4 is 0 Å². The van der Waals surface area contributed by atoms with Gasteiger partial charge < -0.3 is 4.90 Å². The van der Waals surface area contributed by atoms with Crippen LogP contribution in [0.3, 0.4) is 0 Å². The molecule has 1 aliphatic rings. The van der Waals surface area contributed by atoms with Gasteiger partial charge in [-0.05, 0) is 0 Å². The first kappa shape index (κ1) is 13.7. The van der Waals surface area contributed by atoms with Crippen LogP contribution in [-0.2, 0) is 9.59 Å². The first-order chi connectivity index (χ1) is 7.56. The highest BCUT2D eigenvalue weighted by atomic mass is 35.5. The summed E-state index contributed by atoms with van der Waals surface area (Å²) in [6.07, 6.45) is -2.94. The van der Waals surface area contributed by atoms with E-state index in [1.807, 2.05) is 0 Å². The summed E-state index contributed by atoms with van der Waals surface area (Å²) in [7, 11) is 0. The van der Waals surface area contributed by atoms with Crippen molar-refractivity contribution in [2.75, 3.05) is 23.9 Å². The van der Waals surface area contributed by atoms with E-state index in [1.54, 1.807) is 11.8 Å². The molecule has 16 heavy (non-hydrogen) atoms. The molecular weight excluding hydrogens is 260 g/mol. The molecule has 0 bridgehead atoms. The molecule has 3 nitrogen and oxygen atoms in total. The van der Waals surface area contributed by atoms with E-state index < -0.39 is 18.4 Å². The summed E-state index contributed by atoms with van der Waals surface area (Å²) >= 11 is 6.91. The van der Waals surface area contributed by atoms with Gasteiger partial charge in [0.15, 0.2) is 0 Å². The van der Waals surface area contributed by atoms with Crippen LogP contribution in [0.15, 0.2) is 0 Å². The summed E-state index contributed by atoms with van der Waals surface area (Å²) in [5.74, 6) is -0.405. The predicted octanol–water partition coefficient (Wildman–Crippen LogP) is 1.39. The molecule has 1 rings (SSSR count). The van der Waals surface area contributed by atoms with Gasteiger partial charge in [0.05, 0.1) is 5.88 Å². The van der Waals surface area contributed by atoms with Gasteiger partial charge in [0.25, 0.3) is 5.91 Å². The van der Waals surface area contributed by atoms with Gasteiger partial charge in [0.2, 0.25) is 0 Å². The second-order valence-electron chi connectivity index (χ2n) is 3.44. The summed E-state index contributed by atoms with van der Waals surface area (Å²) in [6, 6.07) is -0.438. The molecule has 0 N–H and O–H groups in total. The lowest BCUT2D eigenvalue weighted by atomic mass is 10.1.